The maximum Gasteiger partial charge on any atom is 0.334 e. The Morgan fingerprint density at radius 2 is 2.11 bits per heavy atom. The van der Waals surface area contributed by atoms with E-state index in [4.69, 9.17) is 4.74 Å². The molecule has 4 heteroatoms. The Labute approximate surface area is 112 Å². The second-order valence-corrected chi connectivity index (χ2v) is 6.56. The van der Waals surface area contributed by atoms with Gasteiger partial charge in [-0.15, -0.1) is 0 Å². The number of carbonyl (C=O) groups is 1. The van der Waals surface area contributed by atoms with Crippen LogP contribution < -0.4 is 0 Å². The van der Waals surface area contributed by atoms with Crippen LogP contribution in [0.1, 0.15) is 33.1 Å². The molecule has 0 radical (unpaired) electrons. The summed E-state index contributed by atoms with van der Waals surface area (Å²) in [4.78, 5) is 11.6. The summed E-state index contributed by atoms with van der Waals surface area (Å²) in [5, 5.41) is 21.2. The fourth-order valence-corrected chi connectivity index (χ4v) is 3.82. The van der Waals surface area contributed by atoms with Gasteiger partial charge in [0.2, 0.25) is 0 Å². The Hall–Kier alpha value is -1.13. The normalized spacial score (nSPS) is 49.3. The van der Waals surface area contributed by atoms with Gasteiger partial charge < -0.3 is 14.9 Å². The summed E-state index contributed by atoms with van der Waals surface area (Å²) in [7, 11) is 0. The molecule has 0 amide bonds. The summed E-state index contributed by atoms with van der Waals surface area (Å²) < 4.78 is 5.32. The molecule has 1 heterocycles. The number of aliphatic hydroxyl groups is 2. The van der Waals surface area contributed by atoms with Gasteiger partial charge in [0.05, 0.1) is 11.2 Å². The molecule has 2 fully saturated rings. The topological polar surface area (TPSA) is 66.8 Å². The molecule has 3 rings (SSSR count). The van der Waals surface area contributed by atoms with Crippen molar-refractivity contribution in [2.24, 2.45) is 11.8 Å². The van der Waals surface area contributed by atoms with Gasteiger partial charge in [0, 0.05) is 23.8 Å². The first-order chi connectivity index (χ1) is 8.72. The van der Waals surface area contributed by atoms with E-state index in [-0.39, 0.29) is 23.9 Å². The van der Waals surface area contributed by atoms with E-state index < -0.39 is 11.2 Å². The minimum atomic E-state index is -1.03. The third kappa shape index (κ3) is 1.77. The van der Waals surface area contributed by atoms with E-state index in [9.17, 15) is 15.0 Å². The number of carbonyl (C=O) groups excluding carboxylic acids is 1. The lowest BCUT2D eigenvalue weighted by Gasteiger charge is -2.33. The molecule has 2 aliphatic carbocycles. The molecule has 0 spiro atoms. The number of hydrogen-bond acceptors (Lipinski definition) is 4. The molecule has 104 valence electrons. The molecule has 0 aromatic heterocycles. The van der Waals surface area contributed by atoms with Crippen molar-refractivity contribution in [3.63, 3.8) is 0 Å². The second-order valence-electron chi connectivity index (χ2n) is 6.56. The molecule has 1 saturated heterocycles. The molecule has 0 aromatic rings. The summed E-state index contributed by atoms with van der Waals surface area (Å²) in [5.74, 6) is -0.598. The summed E-state index contributed by atoms with van der Waals surface area (Å²) in [6.07, 6.45) is 3.15. The SMILES string of the molecule is C=C1C(=O)O[C@@H]2C[C@](C)(O)C3=CC[C@](C)(O)[C@@H]3C[C@H]12. The second kappa shape index (κ2) is 3.70. The van der Waals surface area contributed by atoms with Crippen LogP contribution in [0.25, 0.3) is 0 Å². The standard InChI is InChI=1S/C15H20O4/c1-8-9-6-11-10(4-5-14(11,2)17)15(3,18)7-12(9)19-13(8)16/h4,9,11-12,17-18H,1,5-7H2,2-3H3/t9-,11-,12-,14+,15+/m1/s1. The van der Waals surface area contributed by atoms with Crippen molar-refractivity contribution in [3.8, 4) is 0 Å². The van der Waals surface area contributed by atoms with Crippen molar-refractivity contribution in [3.05, 3.63) is 23.8 Å². The first kappa shape index (κ1) is 12.9. The van der Waals surface area contributed by atoms with Crippen LogP contribution in [0.5, 0.6) is 0 Å². The van der Waals surface area contributed by atoms with Crippen molar-refractivity contribution in [2.45, 2.75) is 50.4 Å². The number of fused-ring (bicyclic) bond motifs is 2. The van der Waals surface area contributed by atoms with E-state index >= 15 is 0 Å². The van der Waals surface area contributed by atoms with Crippen LogP contribution in [-0.2, 0) is 9.53 Å². The lowest BCUT2D eigenvalue weighted by Crippen LogP contribution is -2.37. The van der Waals surface area contributed by atoms with Crippen LogP contribution in [-0.4, -0.2) is 33.5 Å². The first-order valence-electron chi connectivity index (χ1n) is 6.77. The van der Waals surface area contributed by atoms with E-state index in [1.165, 1.54) is 0 Å². The Bertz CT molecular complexity index is 486. The van der Waals surface area contributed by atoms with Gasteiger partial charge in [0.15, 0.2) is 0 Å². The summed E-state index contributed by atoms with van der Waals surface area (Å²) >= 11 is 0. The van der Waals surface area contributed by atoms with E-state index in [0.29, 0.717) is 24.8 Å². The van der Waals surface area contributed by atoms with Crippen LogP contribution in [0.15, 0.2) is 23.8 Å². The van der Waals surface area contributed by atoms with Crippen LogP contribution in [0.2, 0.25) is 0 Å². The molecule has 0 unspecified atom stereocenters. The average molecular weight is 264 g/mol. The van der Waals surface area contributed by atoms with Crippen molar-refractivity contribution in [1.82, 2.24) is 0 Å². The van der Waals surface area contributed by atoms with E-state index in [0.717, 1.165) is 5.57 Å². The van der Waals surface area contributed by atoms with Crippen LogP contribution in [0, 0.1) is 11.8 Å². The van der Waals surface area contributed by atoms with Gasteiger partial charge in [-0.2, -0.15) is 0 Å². The summed E-state index contributed by atoms with van der Waals surface area (Å²) in [5.41, 5.74) is -0.532. The Morgan fingerprint density at radius 1 is 1.42 bits per heavy atom. The zero-order valence-corrected chi connectivity index (χ0v) is 11.3. The van der Waals surface area contributed by atoms with Crippen molar-refractivity contribution in [2.75, 3.05) is 0 Å². The smallest absolute Gasteiger partial charge is 0.334 e. The van der Waals surface area contributed by atoms with Crippen LogP contribution in [0.3, 0.4) is 0 Å². The van der Waals surface area contributed by atoms with Gasteiger partial charge in [0.1, 0.15) is 6.10 Å². The van der Waals surface area contributed by atoms with E-state index in [2.05, 4.69) is 6.58 Å². The van der Waals surface area contributed by atoms with Crippen LogP contribution >= 0.6 is 0 Å². The minimum Gasteiger partial charge on any atom is -0.458 e. The fraction of sp³-hybridized carbons (Fsp3) is 0.667. The van der Waals surface area contributed by atoms with Crippen molar-refractivity contribution < 1.29 is 19.7 Å². The maximum absolute atomic E-state index is 11.6. The third-order valence-electron chi connectivity index (χ3n) is 4.99. The van der Waals surface area contributed by atoms with Gasteiger partial charge in [-0.05, 0) is 32.3 Å². The molecular formula is C15H20O4. The van der Waals surface area contributed by atoms with Crippen molar-refractivity contribution >= 4 is 5.97 Å². The largest absolute Gasteiger partial charge is 0.458 e. The molecule has 2 N–H and O–H groups in total. The van der Waals surface area contributed by atoms with Gasteiger partial charge in [-0.1, -0.05) is 12.7 Å². The number of esters is 1. The zero-order chi connectivity index (χ0) is 14.0. The quantitative estimate of drug-likeness (QED) is 0.393. The van der Waals surface area contributed by atoms with Crippen LogP contribution in [0.4, 0.5) is 0 Å². The molecule has 3 aliphatic rings. The molecule has 19 heavy (non-hydrogen) atoms. The van der Waals surface area contributed by atoms with E-state index in [1.807, 2.05) is 6.08 Å². The Morgan fingerprint density at radius 3 is 2.79 bits per heavy atom. The molecule has 1 aliphatic heterocycles. The average Bonchev–Trinajstić information content (AvgIpc) is 2.66. The molecule has 4 nitrogen and oxygen atoms in total. The van der Waals surface area contributed by atoms with Gasteiger partial charge in [0.25, 0.3) is 0 Å². The zero-order valence-electron chi connectivity index (χ0n) is 11.3. The fourth-order valence-electron chi connectivity index (χ4n) is 3.82. The molecular weight excluding hydrogens is 244 g/mol. The predicted molar refractivity (Wildman–Crippen MR) is 69.2 cm³/mol. The maximum atomic E-state index is 11.6. The third-order valence-corrected chi connectivity index (χ3v) is 4.99. The lowest BCUT2D eigenvalue weighted by atomic mass is 9.78. The number of ether oxygens (including phenoxy) is 1. The monoisotopic (exact) mass is 264 g/mol. The van der Waals surface area contributed by atoms with Gasteiger partial charge >= 0.3 is 5.97 Å². The molecule has 5 atom stereocenters. The molecule has 1 saturated carbocycles. The highest BCUT2D eigenvalue weighted by Gasteiger charge is 2.54. The summed E-state index contributed by atoms with van der Waals surface area (Å²) in [6, 6.07) is 0. The highest BCUT2D eigenvalue weighted by Crippen LogP contribution is 2.51. The Balaban J connectivity index is 2.02. The predicted octanol–water partition coefficient (Wildman–Crippen LogP) is 1.33. The molecule has 0 aromatic carbocycles. The minimum absolute atomic E-state index is 0.0977. The number of hydrogen-bond donors (Lipinski definition) is 2. The van der Waals surface area contributed by atoms with Gasteiger partial charge in [-0.3, -0.25) is 0 Å². The van der Waals surface area contributed by atoms with Crippen molar-refractivity contribution in [1.29, 1.82) is 0 Å². The Kier molecular flexibility index (Phi) is 2.51. The molecule has 0 bridgehead atoms. The van der Waals surface area contributed by atoms with E-state index in [1.54, 1.807) is 13.8 Å². The first-order valence-corrected chi connectivity index (χ1v) is 6.77. The highest BCUT2D eigenvalue weighted by molar-refractivity contribution is 5.90. The highest BCUT2D eigenvalue weighted by atomic mass is 16.6. The summed E-state index contributed by atoms with van der Waals surface area (Å²) in [6.45, 7) is 7.34. The van der Waals surface area contributed by atoms with Gasteiger partial charge in [-0.25, -0.2) is 4.79 Å². The number of rotatable bonds is 0. The lowest BCUT2D eigenvalue weighted by molar-refractivity contribution is -0.140.